The number of nitrogens with zero attached hydrogens (tertiary/aromatic N) is 2. The van der Waals surface area contributed by atoms with Crippen LogP contribution >= 0.6 is 0 Å². The molecule has 5 nitrogen and oxygen atoms in total. The Kier molecular flexibility index (Phi) is 4.51. The lowest BCUT2D eigenvalue weighted by Crippen LogP contribution is -2.25. The molecule has 1 amide bonds. The number of hydrogen-bond donors (Lipinski definition) is 1. The number of amides is 1. The fourth-order valence-corrected chi connectivity index (χ4v) is 4.16. The number of carbonyl (C=O) groups excluding carboxylic acids is 1. The molecule has 5 heteroatoms. The Labute approximate surface area is 174 Å². The Morgan fingerprint density at radius 2 is 1.80 bits per heavy atom. The van der Waals surface area contributed by atoms with Gasteiger partial charge in [-0.15, -0.1) is 0 Å². The van der Waals surface area contributed by atoms with Gasteiger partial charge in [-0.3, -0.25) is 4.79 Å². The number of hydrogen-bond acceptors (Lipinski definition) is 3. The summed E-state index contributed by atoms with van der Waals surface area (Å²) >= 11 is 0. The first-order valence-corrected chi connectivity index (χ1v) is 10.2. The Hall–Kier alpha value is -3.60. The first-order valence-electron chi connectivity index (χ1n) is 10.2. The van der Waals surface area contributed by atoms with Gasteiger partial charge in [0, 0.05) is 29.4 Å². The molecule has 0 saturated heterocycles. The molecule has 0 spiro atoms. The lowest BCUT2D eigenvalue weighted by Gasteiger charge is -2.08. The molecule has 0 bridgehead atoms. The quantitative estimate of drug-likeness (QED) is 0.406. The van der Waals surface area contributed by atoms with Crippen LogP contribution in [0.3, 0.4) is 0 Å². The number of aromatic nitrogens is 2. The molecule has 150 valence electrons. The van der Waals surface area contributed by atoms with Crippen molar-refractivity contribution in [2.24, 2.45) is 0 Å². The zero-order valence-electron chi connectivity index (χ0n) is 17.1. The van der Waals surface area contributed by atoms with Crippen molar-refractivity contribution in [2.45, 2.75) is 26.8 Å². The summed E-state index contributed by atoms with van der Waals surface area (Å²) < 4.78 is 8.22. The van der Waals surface area contributed by atoms with E-state index in [0.717, 1.165) is 57.1 Å². The van der Waals surface area contributed by atoms with Crippen molar-refractivity contribution in [1.82, 2.24) is 14.9 Å². The van der Waals surface area contributed by atoms with Gasteiger partial charge in [0.1, 0.15) is 11.4 Å². The van der Waals surface area contributed by atoms with E-state index in [1.54, 1.807) is 0 Å². The maximum atomic E-state index is 12.8. The highest BCUT2D eigenvalue weighted by molar-refractivity contribution is 6.08. The lowest BCUT2D eigenvalue weighted by molar-refractivity contribution is 0.0926. The average Bonchev–Trinajstić information content (AvgIpc) is 3.27. The van der Waals surface area contributed by atoms with Crippen molar-refractivity contribution in [3.05, 3.63) is 77.8 Å². The van der Waals surface area contributed by atoms with Crippen molar-refractivity contribution in [2.75, 3.05) is 6.54 Å². The summed E-state index contributed by atoms with van der Waals surface area (Å²) in [4.78, 5) is 17.4. The Morgan fingerprint density at radius 1 is 1.00 bits per heavy atom. The molecule has 30 heavy (non-hydrogen) atoms. The number of fused-ring (bicyclic) bond motifs is 4. The summed E-state index contributed by atoms with van der Waals surface area (Å²) in [6, 6.07) is 20.3. The Balaban J connectivity index is 1.31. The first-order chi connectivity index (χ1) is 14.6. The third-order valence-electron chi connectivity index (χ3n) is 5.72. The maximum Gasteiger partial charge on any atom is 0.287 e. The minimum absolute atomic E-state index is 0.167. The first kappa shape index (κ1) is 18.4. The van der Waals surface area contributed by atoms with Crippen LogP contribution in [0.4, 0.5) is 0 Å². The van der Waals surface area contributed by atoms with Crippen LogP contribution < -0.4 is 5.32 Å². The summed E-state index contributed by atoms with van der Waals surface area (Å²) in [5.41, 5.74) is 3.78. The van der Waals surface area contributed by atoms with Gasteiger partial charge >= 0.3 is 0 Å². The molecule has 0 aliphatic heterocycles. The van der Waals surface area contributed by atoms with E-state index in [4.69, 9.17) is 4.42 Å². The standard InChI is InChI=1S/C25H23N3O2/c1-16-19-13-12-18-8-3-4-9-20(18)24(19)30-23(16)25(29)26-14-7-15-28-17(2)27-21-10-5-6-11-22(21)28/h3-6,8-13H,7,14-15H2,1-2H3,(H,26,29). The predicted octanol–water partition coefficient (Wildman–Crippen LogP) is 5.37. The normalized spacial score (nSPS) is 11.5. The Morgan fingerprint density at radius 3 is 2.70 bits per heavy atom. The van der Waals surface area contributed by atoms with Crippen molar-refractivity contribution in [3.8, 4) is 0 Å². The summed E-state index contributed by atoms with van der Waals surface area (Å²) in [6.07, 6.45) is 0.815. The SMILES string of the molecule is Cc1c(C(=O)NCCCn2c(C)nc3ccccc32)oc2c1ccc1ccccc12. The lowest BCUT2D eigenvalue weighted by atomic mass is 10.1. The number of rotatable bonds is 5. The van der Waals surface area contributed by atoms with E-state index in [1.165, 1.54) is 0 Å². The molecule has 5 rings (SSSR count). The molecule has 2 heterocycles. The molecule has 0 atom stereocenters. The topological polar surface area (TPSA) is 60.1 Å². The molecule has 1 N–H and O–H groups in total. The van der Waals surface area contributed by atoms with E-state index in [9.17, 15) is 4.79 Å². The average molecular weight is 397 g/mol. The number of aryl methyl sites for hydroxylation is 3. The second-order valence-electron chi connectivity index (χ2n) is 7.63. The molecule has 5 aromatic rings. The molecule has 3 aromatic carbocycles. The molecular formula is C25H23N3O2. The van der Waals surface area contributed by atoms with Crippen LogP contribution in [0.25, 0.3) is 32.8 Å². The van der Waals surface area contributed by atoms with Gasteiger partial charge in [0.05, 0.1) is 11.0 Å². The number of nitrogens with one attached hydrogen (secondary N) is 1. The van der Waals surface area contributed by atoms with Crippen LogP contribution in [0.5, 0.6) is 0 Å². The summed E-state index contributed by atoms with van der Waals surface area (Å²) in [5.74, 6) is 1.22. The van der Waals surface area contributed by atoms with E-state index in [2.05, 4.69) is 27.0 Å². The van der Waals surface area contributed by atoms with Gasteiger partial charge in [-0.1, -0.05) is 48.5 Å². The van der Waals surface area contributed by atoms with Gasteiger partial charge in [-0.2, -0.15) is 0 Å². The summed E-state index contributed by atoms with van der Waals surface area (Å²) in [5, 5.41) is 6.13. The van der Waals surface area contributed by atoms with Crippen LogP contribution in [0.15, 0.2) is 65.1 Å². The highest BCUT2D eigenvalue weighted by Crippen LogP contribution is 2.31. The molecule has 0 fully saturated rings. The largest absolute Gasteiger partial charge is 0.450 e. The second-order valence-corrected chi connectivity index (χ2v) is 7.63. The minimum atomic E-state index is -0.167. The highest BCUT2D eigenvalue weighted by Gasteiger charge is 2.18. The zero-order valence-corrected chi connectivity index (χ0v) is 17.1. The monoisotopic (exact) mass is 397 g/mol. The Bertz CT molecular complexity index is 1390. The minimum Gasteiger partial charge on any atom is -0.450 e. The van der Waals surface area contributed by atoms with Gasteiger partial charge in [-0.25, -0.2) is 4.98 Å². The molecular weight excluding hydrogens is 374 g/mol. The van der Waals surface area contributed by atoms with E-state index in [1.807, 2.05) is 62.4 Å². The fourth-order valence-electron chi connectivity index (χ4n) is 4.16. The molecule has 0 unspecified atom stereocenters. The number of imidazole rings is 1. The van der Waals surface area contributed by atoms with Crippen molar-refractivity contribution in [3.63, 3.8) is 0 Å². The van der Waals surface area contributed by atoms with Gasteiger partial charge in [0.25, 0.3) is 5.91 Å². The maximum absolute atomic E-state index is 12.8. The second kappa shape index (κ2) is 7.34. The van der Waals surface area contributed by atoms with Gasteiger partial charge < -0.3 is 14.3 Å². The van der Waals surface area contributed by atoms with Crippen LogP contribution in [0.2, 0.25) is 0 Å². The highest BCUT2D eigenvalue weighted by atomic mass is 16.3. The number of furan rings is 1. The van der Waals surface area contributed by atoms with E-state index < -0.39 is 0 Å². The number of para-hydroxylation sites is 2. The smallest absolute Gasteiger partial charge is 0.287 e. The third kappa shape index (κ3) is 3.03. The molecule has 0 saturated carbocycles. The van der Waals surface area contributed by atoms with E-state index in [-0.39, 0.29) is 5.91 Å². The molecule has 0 radical (unpaired) electrons. The van der Waals surface area contributed by atoms with E-state index in [0.29, 0.717) is 12.3 Å². The van der Waals surface area contributed by atoms with Gasteiger partial charge in [0.2, 0.25) is 0 Å². The number of carbonyl (C=O) groups is 1. The van der Waals surface area contributed by atoms with Gasteiger partial charge in [0.15, 0.2) is 5.76 Å². The molecule has 2 aromatic heterocycles. The van der Waals surface area contributed by atoms with Crippen molar-refractivity contribution >= 4 is 38.7 Å². The number of benzene rings is 3. The zero-order chi connectivity index (χ0) is 20.7. The third-order valence-corrected chi connectivity index (χ3v) is 5.72. The van der Waals surface area contributed by atoms with Crippen LogP contribution in [0, 0.1) is 13.8 Å². The molecule has 0 aliphatic rings. The van der Waals surface area contributed by atoms with Crippen LogP contribution in [0.1, 0.15) is 28.4 Å². The van der Waals surface area contributed by atoms with Crippen LogP contribution in [-0.2, 0) is 6.54 Å². The van der Waals surface area contributed by atoms with Crippen molar-refractivity contribution < 1.29 is 9.21 Å². The van der Waals surface area contributed by atoms with E-state index >= 15 is 0 Å². The van der Waals surface area contributed by atoms with Crippen LogP contribution in [-0.4, -0.2) is 22.0 Å². The van der Waals surface area contributed by atoms with Crippen molar-refractivity contribution in [1.29, 1.82) is 0 Å². The van der Waals surface area contributed by atoms with Gasteiger partial charge in [-0.05, 0) is 37.8 Å². The fraction of sp³-hybridized carbons (Fsp3) is 0.200. The predicted molar refractivity (Wildman–Crippen MR) is 120 cm³/mol. The molecule has 0 aliphatic carbocycles. The summed E-state index contributed by atoms with van der Waals surface area (Å²) in [7, 11) is 0. The summed E-state index contributed by atoms with van der Waals surface area (Å²) in [6.45, 7) is 5.33.